The average molecular weight is 427 g/mol. The number of aromatic nitrogens is 1. The fourth-order valence-corrected chi connectivity index (χ4v) is 2.36. The Morgan fingerprint density at radius 1 is 1.23 bits per heavy atom. The molecule has 1 aromatic carbocycles. The molecule has 168 valence electrons. The maximum absolute atomic E-state index is 8.36. The molecule has 1 heterocycles. The molecule has 2 aromatic rings. The highest BCUT2D eigenvalue weighted by atomic mass is 16.5. The molecule has 0 saturated carbocycles. The summed E-state index contributed by atoms with van der Waals surface area (Å²) in [6.07, 6.45) is 9.49. The third-order valence-electron chi connectivity index (χ3n) is 3.99. The summed E-state index contributed by atoms with van der Waals surface area (Å²) in [5.41, 5.74) is 0.989. The van der Waals surface area contributed by atoms with Gasteiger partial charge in [-0.1, -0.05) is 43.0 Å². The van der Waals surface area contributed by atoms with E-state index in [4.69, 9.17) is 19.4 Å². The highest BCUT2D eigenvalue weighted by molar-refractivity contribution is 5.94. The van der Waals surface area contributed by atoms with E-state index >= 15 is 0 Å². The molecule has 2 atom stereocenters. The van der Waals surface area contributed by atoms with Gasteiger partial charge >= 0.3 is 0 Å². The molecule has 0 saturated heterocycles. The van der Waals surface area contributed by atoms with Crippen molar-refractivity contribution < 1.29 is 19.4 Å². The molecule has 0 bridgehead atoms. The Labute approximate surface area is 186 Å². The first-order valence-electron chi connectivity index (χ1n) is 10.1. The van der Waals surface area contributed by atoms with Crippen LogP contribution >= 0.6 is 0 Å². The lowest BCUT2D eigenvalue weighted by molar-refractivity contribution is -0.122. The van der Waals surface area contributed by atoms with Crippen molar-refractivity contribution in [3.8, 4) is 11.8 Å². The van der Waals surface area contributed by atoms with Crippen molar-refractivity contribution >= 4 is 12.4 Å². The van der Waals surface area contributed by atoms with Gasteiger partial charge in [-0.2, -0.15) is 0 Å². The number of hydrogen-bond acceptors (Lipinski definition) is 4. The van der Waals surface area contributed by atoms with Gasteiger partial charge in [0.1, 0.15) is 6.10 Å². The van der Waals surface area contributed by atoms with Crippen LogP contribution in [0.3, 0.4) is 0 Å². The Morgan fingerprint density at radius 2 is 1.84 bits per heavy atom. The fourth-order valence-electron chi connectivity index (χ4n) is 2.36. The van der Waals surface area contributed by atoms with Gasteiger partial charge in [-0.3, -0.25) is 9.79 Å². The van der Waals surface area contributed by atoms with Crippen LogP contribution in [0.15, 0.2) is 72.2 Å². The molecular weight excluding hydrogens is 392 g/mol. The normalized spacial score (nSPS) is 12.2. The lowest BCUT2D eigenvalue weighted by Crippen LogP contribution is -2.05. The van der Waals surface area contributed by atoms with Gasteiger partial charge in [0.2, 0.25) is 5.90 Å². The zero-order chi connectivity index (χ0) is 23.3. The number of carboxylic acid groups (broad SMARTS) is 1. The molecule has 6 nitrogen and oxygen atoms in total. The van der Waals surface area contributed by atoms with E-state index in [2.05, 4.69) is 47.6 Å². The largest absolute Gasteiger partial charge is 0.483 e. The van der Waals surface area contributed by atoms with Crippen molar-refractivity contribution in [2.75, 3.05) is 14.2 Å². The molecule has 1 N–H and O–H groups in total. The number of nitrogens with zero attached hydrogens (tertiary/aromatic N) is 2. The molecule has 0 radical (unpaired) electrons. The summed E-state index contributed by atoms with van der Waals surface area (Å²) in [5.74, 6) is 6.94. The Hall–Kier alpha value is -3.30. The van der Waals surface area contributed by atoms with E-state index in [1.54, 1.807) is 20.4 Å². The molecule has 0 amide bonds. The van der Waals surface area contributed by atoms with Gasteiger partial charge in [0, 0.05) is 44.6 Å². The SMILES string of the molecule is C/C=C/OC(=NC)c1ccccc1.CCC(C#CCC(C)n1cccc1)OC.O=CO. The minimum absolute atomic E-state index is 0.0851. The van der Waals surface area contributed by atoms with Crippen molar-refractivity contribution in [3.05, 3.63) is 72.8 Å². The summed E-state index contributed by atoms with van der Waals surface area (Å²) in [6, 6.07) is 14.3. The quantitative estimate of drug-likeness (QED) is 0.227. The first-order valence-corrected chi connectivity index (χ1v) is 10.1. The molecular formula is C25H34N2O4. The smallest absolute Gasteiger partial charge is 0.290 e. The number of rotatable bonds is 6. The maximum Gasteiger partial charge on any atom is 0.290 e. The second-order valence-electron chi connectivity index (χ2n) is 6.22. The molecule has 1 aromatic heterocycles. The predicted molar refractivity (Wildman–Crippen MR) is 126 cm³/mol. The van der Waals surface area contributed by atoms with E-state index < -0.39 is 0 Å². The van der Waals surface area contributed by atoms with E-state index in [0.29, 0.717) is 11.9 Å². The first kappa shape index (κ1) is 27.7. The third-order valence-corrected chi connectivity index (χ3v) is 3.99. The van der Waals surface area contributed by atoms with Crippen LogP contribution in [0.1, 0.15) is 45.2 Å². The summed E-state index contributed by atoms with van der Waals surface area (Å²) in [6.45, 7) is 5.90. The van der Waals surface area contributed by atoms with Gasteiger partial charge < -0.3 is 19.1 Å². The van der Waals surface area contributed by atoms with Crippen LogP contribution in [0, 0.1) is 11.8 Å². The van der Waals surface area contributed by atoms with Crippen LogP contribution in [0.2, 0.25) is 0 Å². The van der Waals surface area contributed by atoms with Crippen molar-refractivity contribution in [2.45, 2.75) is 45.8 Å². The van der Waals surface area contributed by atoms with Crippen molar-refractivity contribution in [3.63, 3.8) is 0 Å². The number of benzene rings is 1. The molecule has 0 aliphatic carbocycles. The highest BCUT2D eigenvalue weighted by Crippen LogP contribution is 2.09. The number of carbonyl (C=O) groups is 1. The van der Waals surface area contributed by atoms with Crippen LogP contribution in [-0.4, -0.2) is 42.3 Å². The topological polar surface area (TPSA) is 73.0 Å². The monoisotopic (exact) mass is 426 g/mol. The number of hydrogen-bond donors (Lipinski definition) is 1. The Bertz CT molecular complexity index is 799. The first-order chi connectivity index (χ1) is 15.1. The number of ether oxygens (including phenoxy) is 2. The van der Waals surface area contributed by atoms with Gasteiger partial charge in [0.15, 0.2) is 0 Å². The van der Waals surface area contributed by atoms with Crippen LogP contribution in [0.5, 0.6) is 0 Å². The standard InChI is InChI=1S/C13H19NO.C11H13NO.CH2O2/c1-4-13(15-3)9-7-8-12(2)14-10-5-6-11-14;1-3-9-13-11(12-2)10-7-5-4-6-8-10;2-1-3/h5-6,10-13H,4,8H2,1-3H3;3-9H,1-2H3;1H,(H,2,3)/b;9-3+,12-11?;. The molecule has 31 heavy (non-hydrogen) atoms. The van der Waals surface area contributed by atoms with Crippen molar-refractivity contribution in [2.24, 2.45) is 4.99 Å². The van der Waals surface area contributed by atoms with Crippen LogP contribution < -0.4 is 0 Å². The van der Waals surface area contributed by atoms with Crippen LogP contribution in [0.25, 0.3) is 0 Å². The van der Waals surface area contributed by atoms with E-state index in [1.807, 2.05) is 55.5 Å². The van der Waals surface area contributed by atoms with E-state index in [1.165, 1.54) is 0 Å². The molecule has 0 aliphatic rings. The van der Waals surface area contributed by atoms with Gasteiger partial charge in [-0.05, 0) is 44.5 Å². The second kappa shape index (κ2) is 18.7. The van der Waals surface area contributed by atoms with Gasteiger partial charge in [-0.15, -0.1) is 0 Å². The summed E-state index contributed by atoms with van der Waals surface area (Å²) in [4.78, 5) is 12.4. The zero-order valence-electron chi connectivity index (χ0n) is 19.1. The summed E-state index contributed by atoms with van der Waals surface area (Å²) >= 11 is 0. The molecule has 2 rings (SSSR count). The van der Waals surface area contributed by atoms with E-state index in [0.717, 1.165) is 18.4 Å². The van der Waals surface area contributed by atoms with Crippen molar-refractivity contribution in [1.82, 2.24) is 4.57 Å². The third kappa shape index (κ3) is 12.8. The molecule has 0 spiro atoms. The Balaban J connectivity index is 0.000000519. The van der Waals surface area contributed by atoms with E-state index in [-0.39, 0.29) is 12.6 Å². The number of methoxy groups -OCH3 is 1. The lowest BCUT2D eigenvalue weighted by atomic mass is 10.2. The van der Waals surface area contributed by atoms with Crippen LogP contribution in [-0.2, 0) is 14.3 Å². The minimum Gasteiger partial charge on any atom is -0.483 e. The summed E-state index contributed by atoms with van der Waals surface area (Å²) < 4.78 is 12.7. The van der Waals surface area contributed by atoms with Gasteiger partial charge in [0.25, 0.3) is 6.47 Å². The predicted octanol–water partition coefficient (Wildman–Crippen LogP) is 5.18. The fraction of sp³-hybridized carbons (Fsp3) is 0.360. The van der Waals surface area contributed by atoms with Gasteiger partial charge in [0.05, 0.1) is 6.26 Å². The van der Waals surface area contributed by atoms with Gasteiger partial charge in [-0.25, -0.2) is 0 Å². The van der Waals surface area contributed by atoms with Crippen LogP contribution in [0.4, 0.5) is 0 Å². The molecule has 0 aliphatic heterocycles. The summed E-state index contributed by atoms with van der Waals surface area (Å²) in [5, 5.41) is 6.89. The van der Waals surface area contributed by atoms with Crippen molar-refractivity contribution in [1.29, 1.82) is 0 Å². The Morgan fingerprint density at radius 3 is 2.32 bits per heavy atom. The molecule has 2 unspecified atom stereocenters. The lowest BCUT2D eigenvalue weighted by Gasteiger charge is -2.09. The van der Waals surface area contributed by atoms with E-state index in [9.17, 15) is 0 Å². The zero-order valence-corrected chi connectivity index (χ0v) is 19.1. The molecule has 0 fully saturated rings. The number of aliphatic imine (C=N–C) groups is 1. The molecule has 6 heteroatoms. The second-order valence-corrected chi connectivity index (χ2v) is 6.22. The highest BCUT2D eigenvalue weighted by Gasteiger charge is 2.01. The Kier molecular flexibility index (Phi) is 16.7. The maximum atomic E-state index is 8.36. The minimum atomic E-state index is -0.250. The number of allylic oxidation sites excluding steroid dienone is 1. The summed E-state index contributed by atoms with van der Waals surface area (Å²) in [7, 11) is 3.42. The average Bonchev–Trinajstić information content (AvgIpc) is 3.34.